The number of aliphatic carboxylic acids is 1. The lowest BCUT2D eigenvalue weighted by molar-refractivity contribution is -0.144. The Kier molecular flexibility index (Phi) is 3.97. The number of likely N-dealkylation sites (N-methyl/N-ethyl adjacent to an activating group) is 1. The fourth-order valence-corrected chi connectivity index (χ4v) is 3.21. The first-order valence-corrected chi connectivity index (χ1v) is 7.16. The van der Waals surface area contributed by atoms with Gasteiger partial charge >= 0.3 is 5.97 Å². The van der Waals surface area contributed by atoms with Crippen LogP contribution in [0.4, 0.5) is 0 Å². The molecule has 0 spiro atoms. The summed E-state index contributed by atoms with van der Waals surface area (Å²) in [6.07, 6.45) is 5.19. The van der Waals surface area contributed by atoms with Crippen molar-refractivity contribution in [2.75, 3.05) is 13.6 Å². The van der Waals surface area contributed by atoms with E-state index in [1.165, 1.54) is 12.8 Å². The number of nitrogens with zero attached hydrogens (tertiary/aromatic N) is 1. The number of nitrogens with one attached hydrogen (secondary N) is 1. The molecule has 0 aliphatic heterocycles. The second-order valence-electron chi connectivity index (χ2n) is 6.27. The molecule has 2 N–H and O–H groups in total. The van der Waals surface area contributed by atoms with Crippen LogP contribution in [0, 0.1) is 5.92 Å². The molecule has 0 aromatic carbocycles. The summed E-state index contributed by atoms with van der Waals surface area (Å²) in [5.41, 5.74) is -0.693. The fourth-order valence-electron chi connectivity index (χ4n) is 3.21. The molecular weight excluding hydrogens is 228 g/mol. The summed E-state index contributed by atoms with van der Waals surface area (Å²) in [7, 11) is 1.77. The summed E-state index contributed by atoms with van der Waals surface area (Å²) in [6.45, 7) is 5.60. The van der Waals surface area contributed by atoms with Gasteiger partial charge in [-0.05, 0) is 58.9 Å². The summed E-state index contributed by atoms with van der Waals surface area (Å²) < 4.78 is 0. The first kappa shape index (κ1) is 13.8. The largest absolute Gasteiger partial charge is 0.480 e. The third kappa shape index (κ3) is 2.69. The lowest BCUT2D eigenvalue weighted by atomic mass is 9.97. The van der Waals surface area contributed by atoms with Crippen molar-refractivity contribution in [2.45, 2.75) is 63.6 Å². The minimum Gasteiger partial charge on any atom is -0.480 e. The van der Waals surface area contributed by atoms with Crippen LogP contribution in [-0.4, -0.2) is 47.2 Å². The van der Waals surface area contributed by atoms with E-state index < -0.39 is 11.5 Å². The van der Waals surface area contributed by atoms with Gasteiger partial charge in [-0.1, -0.05) is 0 Å². The van der Waals surface area contributed by atoms with Crippen LogP contribution in [0.25, 0.3) is 0 Å². The van der Waals surface area contributed by atoms with Gasteiger partial charge in [0.25, 0.3) is 0 Å². The van der Waals surface area contributed by atoms with Crippen LogP contribution in [0.1, 0.15) is 46.0 Å². The Bertz CT molecular complexity index is 315. The highest BCUT2D eigenvalue weighted by Gasteiger charge is 2.46. The smallest absolute Gasteiger partial charge is 0.323 e. The van der Waals surface area contributed by atoms with Crippen molar-refractivity contribution >= 4 is 5.97 Å². The highest BCUT2D eigenvalue weighted by Crippen LogP contribution is 2.37. The lowest BCUT2D eigenvalue weighted by Gasteiger charge is -2.34. The number of rotatable bonds is 6. The molecule has 2 aliphatic carbocycles. The standard InChI is InChI=1S/C14H26N2O2/c1-10(2)16(9-11-4-5-11)12-6-7-14(8-12,15-3)13(17)18/h10-12,15H,4-9H2,1-3H3,(H,17,18). The van der Waals surface area contributed by atoms with E-state index in [1.54, 1.807) is 7.05 Å². The second-order valence-corrected chi connectivity index (χ2v) is 6.27. The first-order chi connectivity index (χ1) is 8.48. The Morgan fingerprint density at radius 1 is 1.44 bits per heavy atom. The van der Waals surface area contributed by atoms with Gasteiger partial charge in [0.05, 0.1) is 0 Å². The molecule has 2 atom stereocenters. The van der Waals surface area contributed by atoms with E-state index in [0.29, 0.717) is 12.1 Å². The Labute approximate surface area is 110 Å². The maximum absolute atomic E-state index is 11.4. The molecule has 0 amide bonds. The van der Waals surface area contributed by atoms with Crippen LogP contribution in [0.2, 0.25) is 0 Å². The van der Waals surface area contributed by atoms with Crippen molar-refractivity contribution in [3.8, 4) is 0 Å². The van der Waals surface area contributed by atoms with Crippen LogP contribution in [0.15, 0.2) is 0 Å². The Morgan fingerprint density at radius 2 is 2.11 bits per heavy atom. The van der Waals surface area contributed by atoms with Crippen LogP contribution < -0.4 is 5.32 Å². The van der Waals surface area contributed by atoms with Crippen molar-refractivity contribution in [2.24, 2.45) is 5.92 Å². The normalized spacial score (nSPS) is 32.4. The molecule has 2 fully saturated rings. The van der Waals surface area contributed by atoms with E-state index >= 15 is 0 Å². The van der Waals surface area contributed by atoms with Crippen LogP contribution in [0.5, 0.6) is 0 Å². The maximum atomic E-state index is 11.4. The number of carboxylic acid groups (broad SMARTS) is 1. The van der Waals surface area contributed by atoms with Gasteiger partial charge < -0.3 is 10.4 Å². The van der Waals surface area contributed by atoms with Gasteiger partial charge in [0.1, 0.15) is 5.54 Å². The summed E-state index contributed by atoms with van der Waals surface area (Å²) in [5, 5.41) is 12.5. The average Bonchev–Trinajstić information content (AvgIpc) is 3.03. The Morgan fingerprint density at radius 3 is 2.50 bits per heavy atom. The van der Waals surface area contributed by atoms with E-state index in [4.69, 9.17) is 0 Å². The molecule has 0 heterocycles. The Balaban J connectivity index is 2.02. The van der Waals surface area contributed by atoms with Crippen molar-refractivity contribution in [3.05, 3.63) is 0 Å². The van der Waals surface area contributed by atoms with Gasteiger partial charge in [0, 0.05) is 18.6 Å². The Hall–Kier alpha value is -0.610. The van der Waals surface area contributed by atoms with Crippen molar-refractivity contribution in [1.82, 2.24) is 10.2 Å². The van der Waals surface area contributed by atoms with Gasteiger partial charge in [0.15, 0.2) is 0 Å². The predicted octanol–water partition coefficient (Wildman–Crippen LogP) is 1.70. The predicted molar refractivity (Wildman–Crippen MR) is 71.6 cm³/mol. The van der Waals surface area contributed by atoms with Crippen LogP contribution >= 0.6 is 0 Å². The average molecular weight is 254 g/mol. The minimum absolute atomic E-state index is 0.425. The fraction of sp³-hybridized carbons (Fsp3) is 0.929. The molecule has 0 bridgehead atoms. The number of carboxylic acids is 1. The highest BCUT2D eigenvalue weighted by atomic mass is 16.4. The SMILES string of the molecule is CNC1(C(=O)O)CCC(N(CC2CC2)C(C)C)C1. The number of carbonyl (C=O) groups is 1. The zero-order chi connectivity index (χ0) is 13.3. The van der Waals surface area contributed by atoms with Crippen molar-refractivity contribution in [1.29, 1.82) is 0 Å². The molecule has 4 heteroatoms. The van der Waals surface area contributed by atoms with E-state index in [2.05, 4.69) is 24.1 Å². The van der Waals surface area contributed by atoms with E-state index in [1.807, 2.05) is 0 Å². The monoisotopic (exact) mass is 254 g/mol. The summed E-state index contributed by atoms with van der Waals surface area (Å²) in [5.74, 6) is 0.171. The number of hydrogen-bond donors (Lipinski definition) is 2. The molecule has 0 saturated heterocycles. The maximum Gasteiger partial charge on any atom is 0.323 e. The van der Waals surface area contributed by atoms with Gasteiger partial charge in [-0.25, -0.2) is 0 Å². The molecule has 0 aromatic heterocycles. The molecule has 2 rings (SSSR count). The molecule has 104 valence electrons. The van der Waals surface area contributed by atoms with E-state index in [0.717, 1.165) is 31.7 Å². The molecule has 18 heavy (non-hydrogen) atoms. The van der Waals surface area contributed by atoms with Crippen LogP contribution in [-0.2, 0) is 4.79 Å². The van der Waals surface area contributed by atoms with Gasteiger partial charge in [-0.3, -0.25) is 9.69 Å². The summed E-state index contributed by atoms with van der Waals surface area (Å²) in [6, 6.07) is 0.936. The van der Waals surface area contributed by atoms with Crippen molar-refractivity contribution in [3.63, 3.8) is 0 Å². The van der Waals surface area contributed by atoms with Gasteiger partial charge in [-0.15, -0.1) is 0 Å². The zero-order valence-electron chi connectivity index (χ0n) is 11.8. The third-order valence-corrected chi connectivity index (χ3v) is 4.67. The minimum atomic E-state index is -0.693. The highest BCUT2D eigenvalue weighted by molar-refractivity contribution is 5.79. The van der Waals surface area contributed by atoms with E-state index in [-0.39, 0.29) is 0 Å². The first-order valence-electron chi connectivity index (χ1n) is 7.16. The molecule has 2 saturated carbocycles. The molecule has 4 nitrogen and oxygen atoms in total. The topological polar surface area (TPSA) is 52.6 Å². The zero-order valence-corrected chi connectivity index (χ0v) is 11.8. The number of hydrogen-bond acceptors (Lipinski definition) is 3. The van der Waals surface area contributed by atoms with E-state index in [9.17, 15) is 9.90 Å². The molecule has 0 aromatic rings. The van der Waals surface area contributed by atoms with Crippen molar-refractivity contribution < 1.29 is 9.90 Å². The lowest BCUT2D eigenvalue weighted by Crippen LogP contribution is -2.50. The summed E-state index contributed by atoms with van der Waals surface area (Å²) in [4.78, 5) is 14.0. The van der Waals surface area contributed by atoms with Crippen LogP contribution in [0.3, 0.4) is 0 Å². The van der Waals surface area contributed by atoms with Gasteiger partial charge in [0.2, 0.25) is 0 Å². The van der Waals surface area contributed by atoms with Gasteiger partial charge in [-0.2, -0.15) is 0 Å². The molecule has 2 aliphatic rings. The molecule has 2 unspecified atom stereocenters. The quantitative estimate of drug-likeness (QED) is 0.757. The third-order valence-electron chi connectivity index (χ3n) is 4.67. The summed E-state index contributed by atoms with van der Waals surface area (Å²) >= 11 is 0. The second kappa shape index (κ2) is 5.17. The molecular formula is C14H26N2O2. The molecule has 0 radical (unpaired) electrons.